The van der Waals surface area contributed by atoms with E-state index in [4.69, 9.17) is 11.6 Å². The van der Waals surface area contributed by atoms with Gasteiger partial charge in [-0.25, -0.2) is 0 Å². The van der Waals surface area contributed by atoms with Gasteiger partial charge in [0.1, 0.15) is 0 Å². The van der Waals surface area contributed by atoms with Crippen LogP contribution >= 0.6 is 11.6 Å². The molecule has 0 radical (unpaired) electrons. The lowest BCUT2D eigenvalue weighted by atomic mass is 9.63. The van der Waals surface area contributed by atoms with Crippen molar-refractivity contribution in [2.24, 2.45) is 23.7 Å². The van der Waals surface area contributed by atoms with E-state index in [2.05, 4.69) is 13.8 Å². The fourth-order valence-corrected chi connectivity index (χ4v) is 3.71. The highest BCUT2D eigenvalue weighted by molar-refractivity contribution is 6.20. The molecule has 2 saturated carbocycles. The molecule has 1 heteroatoms. The molecule has 0 heterocycles. The summed E-state index contributed by atoms with van der Waals surface area (Å²) in [4.78, 5) is 0. The van der Waals surface area contributed by atoms with Gasteiger partial charge in [-0.2, -0.15) is 0 Å². The van der Waals surface area contributed by atoms with Gasteiger partial charge < -0.3 is 0 Å². The Balaban J connectivity index is 2.07. The summed E-state index contributed by atoms with van der Waals surface area (Å²) in [6.07, 6.45) is 5.47. The average Bonchev–Trinajstić information content (AvgIpc) is 1.99. The van der Waals surface area contributed by atoms with Gasteiger partial charge in [0.25, 0.3) is 0 Å². The maximum Gasteiger partial charge on any atom is 0.0341 e. The van der Waals surface area contributed by atoms with Crippen molar-refractivity contribution in [1.82, 2.24) is 0 Å². The first-order valence-corrected chi connectivity index (χ1v) is 5.74. The molecule has 2 aliphatic rings. The van der Waals surface area contributed by atoms with Crippen LogP contribution in [0.4, 0.5) is 0 Å². The number of rotatable bonds is 0. The molecule has 0 spiro atoms. The van der Waals surface area contributed by atoms with Crippen LogP contribution in [0, 0.1) is 23.7 Å². The molecule has 0 nitrogen and oxygen atoms in total. The predicted octanol–water partition coefficient (Wildman–Crippen LogP) is 3.69. The second-order valence-corrected chi connectivity index (χ2v) is 5.62. The minimum atomic E-state index is 0.490. The van der Waals surface area contributed by atoms with Gasteiger partial charge in [0.2, 0.25) is 0 Å². The van der Waals surface area contributed by atoms with Crippen LogP contribution in [0.5, 0.6) is 0 Å². The van der Waals surface area contributed by atoms with Crippen LogP contribution in [-0.2, 0) is 0 Å². The summed E-state index contributed by atoms with van der Waals surface area (Å²) in [5.74, 6) is 3.76. The van der Waals surface area contributed by atoms with Gasteiger partial charge in [0.15, 0.2) is 0 Å². The van der Waals surface area contributed by atoms with Crippen molar-refractivity contribution >= 4 is 11.6 Å². The third kappa shape index (κ3) is 1.51. The van der Waals surface area contributed by atoms with E-state index in [1.54, 1.807) is 0 Å². The molecule has 5 atom stereocenters. The first kappa shape index (κ1) is 8.87. The number of fused-ring (bicyclic) bond motifs is 2. The summed E-state index contributed by atoms with van der Waals surface area (Å²) in [7, 11) is 0. The summed E-state index contributed by atoms with van der Waals surface area (Å²) in [6.45, 7) is 4.83. The molecule has 2 bridgehead atoms. The molecule has 2 rings (SSSR count). The summed E-state index contributed by atoms with van der Waals surface area (Å²) in [6, 6.07) is 0. The number of alkyl halides is 1. The Morgan fingerprint density at radius 1 is 1.00 bits per heavy atom. The first-order valence-electron chi connectivity index (χ1n) is 5.31. The number of halogens is 1. The third-order valence-corrected chi connectivity index (χ3v) is 4.49. The smallest absolute Gasteiger partial charge is 0.0341 e. The highest BCUT2D eigenvalue weighted by Crippen LogP contribution is 2.46. The van der Waals surface area contributed by atoms with Crippen LogP contribution in [0.15, 0.2) is 0 Å². The van der Waals surface area contributed by atoms with Gasteiger partial charge >= 0.3 is 0 Å². The Morgan fingerprint density at radius 3 is 2.50 bits per heavy atom. The van der Waals surface area contributed by atoms with Crippen LogP contribution in [0.2, 0.25) is 0 Å². The van der Waals surface area contributed by atoms with Crippen LogP contribution in [0.3, 0.4) is 0 Å². The quantitative estimate of drug-likeness (QED) is 0.507. The molecule has 5 unspecified atom stereocenters. The molecule has 0 aromatic heterocycles. The summed E-state index contributed by atoms with van der Waals surface area (Å²) in [5, 5.41) is 0.490. The Labute approximate surface area is 80.7 Å². The molecule has 0 aromatic rings. The van der Waals surface area contributed by atoms with E-state index in [9.17, 15) is 0 Å². The molecule has 12 heavy (non-hydrogen) atoms. The zero-order chi connectivity index (χ0) is 8.72. The van der Waals surface area contributed by atoms with E-state index in [0.29, 0.717) is 5.38 Å². The molecular formula is C11H19Cl. The lowest BCUT2D eigenvalue weighted by molar-refractivity contribution is 0.0853. The van der Waals surface area contributed by atoms with Gasteiger partial charge in [0.05, 0.1) is 0 Å². The topological polar surface area (TPSA) is 0 Å². The van der Waals surface area contributed by atoms with Gasteiger partial charge in [-0.05, 0) is 49.4 Å². The number of hydrogen-bond donors (Lipinski definition) is 0. The van der Waals surface area contributed by atoms with Gasteiger partial charge in [0, 0.05) is 5.38 Å². The summed E-state index contributed by atoms with van der Waals surface area (Å²) in [5.41, 5.74) is 0. The van der Waals surface area contributed by atoms with E-state index < -0.39 is 0 Å². The Bertz CT molecular complexity index is 162. The first-order chi connectivity index (χ1) is 5.66. The van der Waals surface area contributed by atoms with Crippen LogP contribution < -0.4 is 0 Å². The largest absolute Gasteiger partial charge is 0.123 e. The Morgan fingerprint density at radius 2 is 1.75 bits per heavy atom. The molecule has 0 saturated heterocycles. The zero-order valence-electron chi connectivity index (χ0n) is 8.09. The van der Waals surface area contributed by atoms with Crippen molar-refractivity contribution in [3.63, 3.8) is 0 Å². The zero-order valence-corrected chi connectivity index (χ0v) is 8.85. The minimum absolute atomic E-state index is 0.490. The van der Waals surface area contributed by atoms with Crippen molar-refractivity contribution in [3.05, 3.63) is 0 Å². The van der Waals surface area contributed by atoms with Crippen molar-refractivity contribution in [1.29, 1.82) is 0 Å². The Kier molecular flexibility index (Phi) is 2.37. The molecular weight excluding hydrogens is 168 g/mol. The normalized spacial score (nSPS) is 53.8. The lowest BCUT2D eigenvalue weighted by Gasteiger charge is -2.44. The monoisotopic (exact) mass is 186 g/mol. The van der Waals surface area contributed by atoms with Gasteiger partial charge in [-0.15, -0.1) is 11.6 Å². The fourth-order valence-electron chi connectivity index (χ4n) is 3.23. The molecule has 2 fully saturated rings. The van der Waals surface area contributed by atoms with Crippen molar-refractivity contribution in [3.8, 4) is 0 Å². The maximum absolute atomic E-state index is 6.23. The summed E-state index contributed by atoms with van der Waals surface area (Å²) >= 11 is 6.23. The molecule has 0 aromatic carbocycles. The van der Waals surface area contributed by atoms with Crippen molar-refractivity contribution < 1.29 is 0 Å². The lowest BCUT2D eigenvalue weighted by Crippen LogP contribution is -2.36. The van der Waals surface area contributed by atoms with Crippen LogP contribution in [0.1, 0.15) is 39.5 Å². The second kappa shape index (κ2) is 3.21. The highest BCUT2D eigenvalue weighted by atomic mass is 35.5. The maximum atomic E-state index is 6.23. The molecule has 0 N–H and O–H groups in total. The molecule has 0 amide bonds. The van der Waals surface area contributed by atoms with E-state index >= 15 is 0 Å². The molecule has 70 valence electrons. The molecule has 0 aliphatic heterocycles. The number of hydrogen-bond acceptors (Lipinski definition) is 0. The average molecular weight is 187 g/mol. The minimum Gasteiger partial charge on any atom is -0.123 e. The fraction of sp³-hybridized carbons (Fsp3) is 1.00. The van der Waals surface area contributed by atoms with Crippen molar-refractivity contribution in [2.75, 3.05) is 0 Å². The van der Waals surface area contributed by atoms with Crippen LogP contribution in [-0.4, -0.2) is 5.38 Å². The van der Waals surface area contributed by atoms with Crippen molar-refractivity contribution in [2.45, 2.75) is 44.9 Å². The van der Waals surface area contributed by atoms with E-state index in [-0.39, 0.29) is 0 Å². The molecule has 2 aliphatic carbocycles. The summed E-state index contributed by atoms with van der Waals surface area (Å²) < 4.78 is 0. The highest BCUT2D eigenvalue weighted by Gasteiger charge is 2.38. The van der Waals surface area contributed by atoms with Gasteiger partial charge in [-0.1, -0.05) is 13.8 Å². The second-order valence-electron chi connectivity index (χ2n) is 5.00. The standard InChI is InChI=1S/C11H19Cl/c1-7-3-9-4-10(8(7)2)6-11(12)5-9/h7-11H,3-6H2,1-2H3. The third-order valence-electron chi connectivity index (χ3n) is 4.13. The van der Waals surface area contributed by atoms with E-state index in [0.717, 1.165) is 23.7 Å². The predicted molar refractivity (Wildman–Crippen MR) is 53.4 cm³/mol. The van der Waals surface area contributed by atoms with E-state index in [1.807, 2.05) is 0 Å². The van der Waals surface area contributed by atoms with Gasteiger partial charge in [-0.3, -0.25) is 0 Å². The SMILES string of the molecule is CC1CC2CC(Cl)CC(C2)C1C. The Hall–Kier alpha value is 0.290. The van der Waals surface area contributed by atoms with E-state index in [1.165, 1.54) is 25.7 Å². The van der Waals surface area contributed by atoms with Crippen LogP contribution in [0.25, 0.3) is 0 Å².